The van der Waals surface area contributed by atoms with Crippen molar-refractivity contribution in [3.63, 3.8) is 0 Å². The van der Waals surface area contributed by atoms with E-state index in [1.54, 1.807) is 43.3 Å². The first-order valence-corrected chi connectivity index (χ1v) is 10.1. The fraction of sp³-hybridized carbons (Fsp3) is 0.143. The number of non-ortho nitro benzene ring substituents is 1. The summed E-state index contributed by atoms with van der Waals surface area (Å²) in [6.07, 6.45) is 0. The fourth-order valence-electron chi connectivity index (χ4n) is 2.81. The summed E-state index contributed by atoms with van der Waals surface area (Å²) in [4.78, 5) is 20.8. The third-order valence-corrected chi connectivity index (χ3v) is 4.84. The van der Waals surface area contributed by atoms with Gasteiger partial charge in [0.25, 0.3) is 5.69 Å². The van der Waals surface area contributed by atoms with E-state index in [-0.39, 0.29) is 11.5 Å². The molecule has 0 saturated carbocycles. The standard InChI is InChI=1S/C21H17Cl2N3O6/c1-2-31-21-9-13(12-24-17-6-4-14(22)10-16(17)23)3-7-20(21)32-19-8-5-15(25(27)28)11-18(19)26(29)30/h3-11,24H,2,12H2,1H3. The molecule has 0 atom stereocenters. The molecule has 9 nitrogen and oxygen atoms in total. The maximum atomic E-state index is 11.4. The zero-order valence-electron chi connectivity index (χ0n) is 16.7. The summed E-state index contributed by atoms with van der Waals surface area (Å²) in [5, 5.41) is 26.5. The van der Waals surface area contributed by atoms with Crippen LogP contribution in [-0.4, -0.2) is 16.5 Å². The van der Waals surface area contributed by atoms with Gasteiger partial charge >= 0.3 is 5.69 Å². The lowest BCUT2D eigenvalue weighted by molar-refractivity contribution is -0.394. The minimum Gasteiger partial charge on any atom is -0.490 e. The van der Waals surface area contributed by atoms with Crippen LogP contribution >= 0.6 is 23.2 Å². The Morgan fingerprint density at radius 2 is 1.66 bits per heavy atom. The molecule has 0 heterocycles. The second-order valence-electron chi connectivity index (χ2n) is 6.46. The first kappa shape index (κ1) is 23.1. The summed E-state index contributed by atoms with van der Waals surface area (Å²) < 4.78 is 11.3. The van der Waals surface area contributed by atoms with E-state index < -0.39 is 21.2 Å². The largest absolute Gasteiger partial charge is 0.490 e. The molecule has 166 valence electrons. The molecule has 0 aliphatic carbocycles. The third kappa shape index (κ3) is 5.57. The number of nitrogens with one attached hydrogen (secondary N) is 1. The van der Waals surface area contributed by atoms with Crippen molar-refractivity contribution >= 4 is 40.3 Å². The number of anilines is 1. The molecule has 3 aromatic carbocycles. The van der Waals surface area contributed by atoms with Gasteiger partial charge in [0.15, 0.2) is 11.5 Å². The first-order chi connectivity index (χ1) is 15.3. The van der Waals surface area contributed by atoms with Gasteiger partial charge in [0.1, 0.15) is 0 Å². The molecule has 0 bridgehead atoms. The highest BCUT2D eigenvalue weighted by molar-refractivity contribution is 6.36. The molecule has 0 radical (unpaired) electrons. The highest BCUT2D eigenvalue weighted by Crippen LogP contribution is 2.38. The van der Waals surface area contributed by atoms with Gasteiger partial charge in [-0.25, -0.2) is 0 Å². The number of rotatable bonds is 9. The molecule has 3 aromatic rings. The third-order valence-electron chi connectivity index (χ3n) is 4.29. The minimum atomic E-state index is -0.739. The van der Waals surface area contributed by atoms with Crippen LogP contribution in [0.3, 0.4) is 0 Å². The van der Waals surface area contributed by atoms with Crippen LogP contribution in [-0.2, 0) is 6.54 Å². The van der Waals surface area contributed by atoms with E-state index in [1.807, 2.05) is 0 Å². The molecule has 0 fully saturated rings. The average Bonchev–Trinajstić information content (AvgIpc) is 2.75. The lowest BCUT2D eigenvalue weighted by Gasteiger charge is -2.14. The molecule has 0 unspecified atom stereocenters. The number of nitrogens with zero attached hydrogens (tertiary/aromatic N) is 2. The van der Waals surface area contributed by atoms with Crippen molar-refractivity contribution in [2.75, 3.05) is 11.9 Å². The highest BCUT2D eigenvalue weighted by Gasteiger charge is 2.22. The van der Waals surface area contributed by atoms with Crippen molar-refractivity contribution in [1.29, 1.82) is 0 Å². The topological polar surface area (TPSA) is 117 Å². The molecule has 0 saturated heterocycles. The van der Waals surface area contributed by atoms with Gasteiger partial charge in [-0.2, -0.15) is 0 Å². The molecular formula is C21H17Cl2N3O6. The Labute approximate surface area is 192 Å². The summed E-state index contributed by atoms with van der Waals surface area (Å²) in [7, 11) is 0. The smallest absolute Gasteiger partial charge is 0.318 e. The van der Waals surface area contributed by atoms with E-state index in [9.17, 15) is 20.2 Å². The lowest BCUT2D eigenvalue weighted by Crippen LogP contribution is -2.02. The predicted octanol–water partition coefficient (Wildman–Crippen LogP) is 6.61. The van der Waals surface area contributed by atoms with E-state index in [1.165, 1.54) is 6.07 Å². The van der Waals surface area contributed by atoms with Crippen LogP contribution in [0, 0.1) is 20.2 Å². The molecule has 11 heteroatoms. The van der Waals surface area contributed by atoms with Gasteiger partial charge in [-0.05, 0) is 48.9 Å². The van der Waals surface area contributed by atoms with Crippen molar-refractivity contribution in [2.45, 2.75) is 13.5 Å². The molecule has 0 aliphatic rings. The Kier molecular flexibility index (Phi) is 7.34. The van der Waals surface area contributed by atoms with Gasteiger partial charge in [0.2, 0.25) is 5.75 Å². The van der Waals surface area contributed by atoms with Crippen molar-refractivity contribution in [3.05, 3.63) is 90.4 Å². The summed E-state index contributed by atoms with van der Waals surface area (Å²) in [5.74, 6) is 0.458. The Hall–Kier alpha value is -3.56. The van der Waals surface area contributed by atoms with Crippen LogP contribution in [0.5, 0.6) is 17.2 Å². The number of ether oxygens (including phenoxy) is 2. The summed E-state index contributed by atoms with van der Waals surface area (Å²) >= 11 is 12.1. The zero-order chi connectivity index (χ0) is 23.3. The number of halogens is 2. The maximum Gasteiger partial charge on any atom is 0.318 e. The summed E-state index contributed by atoms with van der Waals surface area (Å²) in [6.45, 7) is 2.54. The van der Waals surface area contributed by atoms with E-state index in [0.717, 1.165) is 17.7 Å². The Balaban J connectivity index is 1.85. The first-order valence-electron chi connectivity index (χ1n) is 9.33. The normalized spacial score (nSPS) is 10.5. The van der Waals surface area contributed by atoms with Gasteiger partial charge in [-0.3, -0.25) is 20.2 Å². The summed E-state index contributed by atoms with van der Waals surface area (Å²) in [6, 6.07) is 13.4. The van der Waals surface area contributed by atoms with E-state index in [2.05, 4.69) is 5.32 Å². The number of nitro groups is 2. The number of hydrogen-bond donors (Lipinski definition) is 1. The maximum absolute atomic E-state index is 11.4. The monoisotopic (exact) mass is 477 g/mol. The average molecular weight is 478 g/mol. The quantitative estimate of drug-likeness (QED) is 0.272. The molecule has 0 spiro atoms. The fourth-order valence-corrected chi connectivity index (χ4v) is 3.29. The SMILES string of the molecule is CCOc1cc(CNc2ccc(Cl)cc2Cl)ccc1Oc1ccc([N+](=O)[O-])cc1[N+](=O)[O-]. The molecule has 0 amide bonds. The number of hydrogen-bond acceptors (Lipinski definition) is 7. The van der Waals surface area contributed by atoms with Gasteiger partial charge in [-0.15, -0.1) is 0 Å². The summed E-state index contributed by atoms with van der Waals surface area (Å²) in [5.41, 5.74) is 0.613. The Morgan fingerprint density at radius 3 is 2.31 bits per heavy atom. The number of benzene rings is 3. The molecule has 0 aliphatic heterocycles. The highest BCUT2D eigenvalue weighted by atomic mass is 35.5. The molecule has 0 aromatic heterocycles. The Bertz CT molecular complexity index is 1170. The van der Waals surface area contributed by atoms with Crippen LogP contribution in [0.4, 0.5) is 17.1 Å². The molecule has 32 heavy (non-hydrogen) atoms. The Morgan fingerprint density at radius 1 is 0.906 bits per heavy atom. The lowest BCUT2D eigenvalue weighted by atomic mass is 10.2. The van der Waals surface area contributed by atoms with Crippen molar-refractivity contribution in [1.82, 2.24) is 0 Å². The minimum absolute atomic E-state index is 0.139. The van der Waals surface area contributed by atoms with Gasteiger partial charge in [0, 0.05) is 17.6 Å². The van der Waals surface area contributed by atoms with Crippen molar-refractivity contribution < 1.29 is 19.3 Å². The van der Waals surface area contributed by atoms with Crippen LogP contribution in [0.1, 0.15) is 12.5 Å². The molecular weight excluding hydrogens is 461 g/mol. The second kappa shape index (κ2) is 10.2. The van der Waals surface area contributed by atoms with Crippen LogP contribution in [0.25, 0.3) is 0 Å². The van der Waals surface area contributed by atoms with Crippen molar-refractivity contribution in [2.24, 2.45) is 0 Å². The van der Waals surface area contributed by atoms with Crippen LogP contribution < -0.4 is 14.8 Å². The van der Waals surface area contributed by atoms with E-state index in [4.69, 9.17) is 32.7 Å². The van der Waals surface area contributed by atoms with E-state index in [0.29, 0.717) is 34.6 Å². The zero-order valence-corrected chi connectivity index (χ0v) is 18.2. The number of nitro benzene ring substituents is 2. The van der Waals surface area contributed by atoms with Gasteiger partial charge in [0.05, 0.1) is 33.2 Å². The molecule has 1 N–H and O–H groups in total. The molecule has 3 rings (SSSR count). The second-order valence-corrected chi connectivity index (χ2v) is 7.30. The predicted molar refractivity (Wildman–Crippen MR) is 121 cm³/mol. The van der Waals surface area contributed by atoms with Gasteiger partial charge in [-0.1, -0.05) is 29.3 Å². The van der Waals surface area contributed by atoms with Crippen LogP contribution in [0.2, 0.25) is 10.0 Å². The van der Waals surface area contributed by atoms with E-state index >= 15 is 0 Å². The van der Waals surface area contributed by atoms with Crippen LogP contribution in [0.15, 0.2) is 54.6 Å². The van der Waals surface area contributed by atoms with Gasteiger partial charge < -0.3 is 14.8 Å². The van der Waals surface area contributed by atoms with Crippen molar-refractivity contribution in [3.8, 4) is 17.2 Å².